The number of rotatable bonds is 3. The first-order chi connectivity index (χ1) is 8.03. The number of sulfonamides is 1. The maximum absolute atomic E-state index is 11.7. The summed E-state index contributed by atoms with van der Waals surface area (Å²) in [5, 5.41) is 2.88. The van der Waals surface area contributed by atoms with Crippen molar-refractivity contribution >= 4 is 21.4 Å². The van der Waals surface area contributed by atoms with Crippen LogP contribution in [0.5, 0.6) is 0 Å². The predicted molar refractivity (Wildman–Crippen MR) is 68.5 cm³/mol. The van der Waals surface area contributed by atoms with Crippen molar-refractivity contribution in [3.8, 4) is 11.3 Å². The van der Waals surface area contributed by atoms with E-state index >= 15 is 0 Å². The third kappa shape index (κ3) is 2.54. The number of hydrogen-bond donors (Lipinski definition) is 1. The van der Waals surface area contributed by atoms with E-state index < -0.39 is 10.0 Å². The van der Waals surface area contributed by atoms with Crippen LogP contribution in [0.3, 0.4) is 0 Å². The summed E-state index contributed by atoms with van der Waals surface area (Å²) in [5.41, 5.74) is 1.62. The van der Waals surface area contributed by atoms with Crippen LogP contribution in [0.25, 0.3) is 11.3 Å². The molecular weight excluding hydrogens is 256 g/mol. The van der Waals surface area contributed by atoms with Crippen molar-refractivity contribution in [2.75, 3.05) is 7.05 Å². The normalized spacial score (nSPS) is 11.6. The van der Waals surface area contributed by atoms with Gasteiger partial charge in [-0.05, 0) is 26.1 Å². The number of hydrogen-bond acceptors (Lipinski definition) is 4. The van der Waals surface area contributed by atoms with Crippen LogP contribution in [0, 0.1) is 6.92 Å². The van der Waals surface area contributed by atoms with Gasteiger partial charge in [0.15, 0.2) is 0 Å². The minimum absolute atomic E-state index is 0.253. The number of aromatic nitrogens is 1. The monoisotopic (exact) mass is 268 g/mol. The Morgan fingerprint density at radius 2 is 2.12 bits per heavy atom. The van der Waals surface area contributed by atoms with Crippen LogP contribution in [0.15, 0.2) is 34.5 Å². The predicted octanol–water partition coefficient (Wildman–Crippen LogP) is 2.03. The van der Waals surface area contributed by atoms with E-state index in [4.69, 9.17) is 0 Å². The van der Waals surface area contributed by atoms with Gasteiger partial charge in [-0.3, -0.25) is 0 Å². The minimum Gasteiger partial charge on any atom is -0.242 e. The summed E-state index contributed by atoms with van der Waals surface area (Å²) in [4.78, 5) is 4.59. The highest BCUT2D eigenvalue weighted by Crippen LogP contribution is 2.23. The minimum atomic E-state index is -3.40. The van der Waals surface area contributed by atoms with Crippen LogP contribution in [0.4, 0.5) is 0 Å². The largest absolute Gasteiger partial charge is 0.242 e. The molecule has 0 aliphatic carbocycles. The van der Waals surface area contributed by atoms with Crippen molar-refractivity contribution in [1.82, 2.24) is 9.71 Å². The Hall–Kier alpha value is -1.24. The highest BCUT2D eigenvalue weighted by atomic mass is 32.2. The number of benzene rings is 1. The molecule has 0 radical (unpaired) electrons. The lowest BCUT2D eigenvalue weighted by atomic mass is 10.2. The second-order valence-corrected chi connectivity index (χ2v) is 6.44. The Kier molecular flexibility index (Phi) is 3.28. The van der Waals surface area contributed by atoms with E-state index in [1.54, 1.807) is 29.5 Å². The molecule has 1 heterocycles. The topological polar surface area (TPSA) is 59.1 Å². The van der Waals surface area contributed by atoms with Crippen LogP contribution < -0.4 is 4.72 Å². The van der Waals surface area contributed by atoms with Gasteiger partial charge in [0.1, 0.15) is 0 Å². The average molecular weight is 268 g/mol. The van der Waals surface area contributed by atoms with Gasteiger partial charge in [-0.15, -0.1) is 11.3 Å². The molecule has 90 valence electrons. The number of nitrogens with one attached hydrogen (secondary N) is 1. The summed E-state index contributed by atoms with van der Waals surface area (Å²) in [5.74, 6) is 0. The van der Waals surface area contributed by atoms with Crippen molar-refractivity contribution in [3.63, 3.8) is 0 Å². The van der Waals surface area contributed by atoms with Gasteiger partial charge >= 0.3 is 0 Å². The zero-order chi connectivity index (χ0) is 12.5. The molecule has 0 aliphatic heterocycles. The summed E-state index contributed by atoms with van der Waals surface area (Å²) < 4.78 is 25.6. The van der Waals surface area contributed by atoms with Gasteiger partial charge in [-0.1, -0.05) is 12.1 Å². The highest BCUT2D eigenvalue weighted by molar-refractivity contribution is 7.89. The molecule has 0 amide bonds. The van der Waals surface area contributed by atoms with E-state index in [2.05, 4.69) is 9.71 Å². The van der Waals surface area contributed by atoms with Crippen molar-refractivity contribution in [2.45, 2.75) is 11.8 Å². The molecule has 1 N–H and O–H groups in total. The Morgan fingerprint density at radius 1 is 1.35 bits per heavy atom. The first kappa shape index (κ1) is 12.2. The van der Waals surface area contributed by atoms with Crippen LogP contribution in [-0.4, -0.2) is 20.4 Å². The highest BCUT2D eigenvalue weighted by Gasteiger charge is 2.12. The Balaban J connectivity index is 2.49. The lowest BCUT2D eigenvalue weighted by Gasteiger charge is -2.03. The van der Waals surface area contributed by atoms with Gasteiger partial charge in [0.2, 0.25) is 10.0 Å². The molecule has 2 aromatic rings. The molecule has 0 fully saturated rings. The molecule has 0 saturated heterocycles. The van der Waals surface area contributed by atoms with Crippen LogP contribution in [-0.2, 0) is 10.0 Å². The summed E-state index contributed by atoms with van der Waals surface area (Å²) >= 11 is 1.54. The smallest absolute Gasteiger partial charge is 0.240 e. The van der Waals surface area contributed by atoms with Gasteiger partial charge in [0.05, 0.1) is 15.6 Å². The van der Waals surface area contributed by atoms with Crippen LogP contribution in [0.1, 0.15) is 5.01 Å². The zero-order valence-electron chi connectivity index (χ0n) is 9.47. The summed E-state index contributed by atoms with van der Waals surface area (Å²) in [6.07, 6.45) is 0. The molecule has 4 nitrogen and oxygen atoms in total. The van der Waals surface area contributed by atoms with E-state index in [0.717, 1.165) is 16.3 Å². The van der Waals surface area contributed by atoms with Crippen LogP contribution in [0.2, 0.25) is 0 Å². The molecule has 1 aromatic carbocycles. The fourth-order valence-corrected chi connectivity index (χ4v) is 2.83. The van der Waals surface area contributed by atoms with Crippen LogP contribution >= 0.6 is 11.3 Å². The first-order valence-electron chi connectivity index (χ1n) is 4.99. The van der Waals surface area contributed by atoms with E-state index in [1.165, 1.54) is 7.05 Å². The second kappa shape index (κ2) is 4.56. The maximum Gasteiger partial charge on any atom is 0.240 e. The first-order valence-corrected chi connectivity index (χ1v) is 7.35. The van der Waals surface area contributed by atoms with Crippen molar-refractivity contribution in [3.05, 3.63) is 34.7 Å². The van der Waals surface area contributed by atoms with E-state index in [9.17, 15) is 8.42 Å². The van der Waals surface area contributed by atoms with E-state index in [0.29, 0.717) is 0 Å². The van der Waals surface area contributed by atoms with E-state index in [-0.39, 0.29) is 4.90 Å². The van der Waals surface area contributed by atoms with Gasteiger partial charge in [-0.25, -0.2) is 18.1 Å². The Labute approximate surface area is 104 Å². The molecule has 0 bridgehead atoms. The second-order valence-electron chi connectivity index (χ2n) is 3.49. The number of nitrogens with zero attached hydrogens (tertiary/aromatic N) is 1. The summed E-state index contributed by atoms with van der Waals surface area (Å²) in [6.45, 7) is 1.92. The lowest BCUT2D eigenvalue weighted by Crippen LogP contribution is -2.18. The SMILES string of the molecule is CNS(=O)(=O)c1cccc(-c2csc(C)n2)c1. The summed E-state index contributed by atoms with van der Waals surface area (Å²) in [6, 6.07) is 6.76. The van der Waals surface area contributed by atoms with Crippen molar-refractivity contribution in [2.24, 2.45) is 0 Å². The van der Waals surface area contributed by atoms with Crippen molar-refractivity contribution in [1.29, 1.82) is 0 Å². The molecule has 0 aliphatic rings. The maximum atomic E-state index is 11.7. The van der Waals surface area contributed by atoms with E-state index in [1.807, 2.05) is 18.4 Å². The van der Waals surface area contributed by atoms with Gasteiger partial charge in [0, 0.05) is 10.9 Å². The third-order valence-corrected chi connectivity index (χ3v) is 4.51. The Bertz CT molecular complexity index is 632. The average Bonchev–Trinajstić information content (AvgIpc) is 2.76. The molecule has 2 rings (SSSR count). The fourth-order valence-electron chi connectivity index (χ4n) is 1.44. The standard InChI is InChI=1S/C11H12N2O2S2/c1-8-13-11(7-16-8)9-4-3-5-10(6-9)17(14,15)12-2/h3-7,12H,1-2H3. The quantitative estimate of drug-likeness (QED) is 0.926. The molecule has 0 unspecified atom stereocenters. The van der Waals surface area contributed by atoms with Gasteiger partial charge < -0.3 is 0 Å². The molecule has 6 heteroatoms. The molecule has 0 saturated carbocycles. The third-order valence-electron chi connectivity index (χ3n) is 2.33. The molecule has 1 aromatic heterocycles. The molecule has 0 atom stereocenters. The summed E-state index contributed by atoms with van der Waals surface area (Å²) in [7, 11) is -2.00. The Morgan fingerprint density at radius 3 is 2.71 bits per heavy atom. The van der Waals surface area contributed by atoms with Gasteiger partial charge in [0.25, 0.3) is 0 Å². The zero-order valence-corrected chi connectivity index (χ0v) is 11.1. The molecule has 0 spiro atoms. The fraction of sp³-hybridized carbons (Fsp3) is 0.182. The number of aryl methyl sites for hydroxylation is 1. The van der Waals surface area contributed by atoms with Gasteiger partial charge in [-0.2, -0.15) is 0 Å². The van der Waals surface area contributed by atoms with Crippen molar-refractivity contribution < 1.29 is 8.42 Å². The molecule has 17 heavy (non-hydrogen) atoms. The molecular formula is C11H12N2O2S2. The number of thiazole rings is 1. The lowest BCUT2D eigenvalue weighted by molar-refractivity contribution is 0.588.